The maximum Gasteiger partial charge on any atom is 0.326 e. The first kappa shape index (κ1) is 12.3. The third kappa shape index (κ3) is 2.42. The molecule has 2 fully saturated rings. The van der Waals surface area contributed by atoms with Gasteiger partial charge in [0.1, 0.15) is 6.04 Å². The van der Waals surface area contributed by atoms with Gasteiger partial charge in [-0.2, -0.15) is 0 Å². The summed E-state index contributed by atoms with van der Waals surface area (Å²) in [6.45, 7) is 2.35. The van der Waals surface area contributed by atoms with Crippen LogP contribution >= 0.6 is 0 Å². The second-order valence-corrected chi connectivity index (χ2v) is 4.81. The Hall–Kier alpha value is -1.14. The number of carbonyl (C=O) groups is 2. The molecule has 2 N–H and O–H groups in total. The lowest BCUT2D eigenvalue weighted by molar-refractivity contribution is -0.149. The molecule has 0 bridgehead atoms. The average molecular weight is 243 g/mol. The molecule has 96 valence electrons. The number of rotatable bonds is 2. The van der Waals surface area contributed by atoms with E-state index in [2.05, 4.69) is 0 Å². The van der Waals surface area contributed by atoms with Gasteiger partial charge in [-0.1, -0.05) is 0 Å². The summed E-state index contributed by atoms with van der Waals surface area (Å²) in [6.07, 6.45) is 0.0432. The first-order valence-electron chi connectivity index (χ1n) is 5.82. The van der Waals surface area contributed by atoms with Crippen LogP contribution in [0.15, 0.2) is 0 Å². The zero-order valence-electron chi connectivity index (χ0n) is 9.70. The number of carboxylic acid groups (broad SMARTS) is 1. The van der Waals surface area contributed by atoms with Crippen molar-refractivity contribution < 1.29 is 24.5 Å². The molecule has 0 aromatic carbocycles. The highest BCUT2D eigenvalue weighted by atomic mass is 16.5. The molecule has 2 aliphatic heterocycles. The molecule has 3 unspecified atom stereocenters. The van der Waals surface area contributed by atoms with Crippen LogP contribution in [0.1, 0.15) is 19.8 Å². The lowest BCUT2D eigenvalue weighted by Crippen LogP contribution is -2.43. The summed E-state index contributed by atoms with van der Waals surface area (Å²) >= 11 is 0. The van der Waals surface area contributed by atoms with Crippen LogP contribution < -0.4 is 0 Å². The molecule has 0 saturated carbocycles. The van der Waals surface area contributed by atoms with Crippen molar-refractivity contribution in [2.45, 2.75) is 38.0 Å². The lowest BCUT2D eigenvalue weighted by atomic mass is 10.0. The normalized spacial score (nSPS) is 37.4. The highest BCUT2D eigenvalue weighted by molar-refractivity contribution is 5.86. The maximum absolute atomic E-state index is 12.1. The summed E-state index contributed by atoms with van der Waals surface area (Å²) in [5.74, 6) is -1.53. The second-order valence-electron chi connectivity index (χ2n) is 4.81. The van der Waals surface area contributed by atoms with Crippen LogP contribution in [0.2, 0.25) is 0 Å². The number of aliphatic hydroxyl groups excluding tert-OH is 1. The number of likely N-dealkylation sites (tertiary alicyclic amines) is 1. The molecule has 6 nitrogen and oxygen atoms in total. The van der Waals surface area contributed by atoms with Crippen molar-refractivity contribution in [1.82, 2.24) is 4.90 Å². The highest BCUT2D eigenvalue weighted by Crippen LogP contribution is 2.26. The number of ether oxygens (including phenoxy) is 1. The van der Waals surface area contributed by atoms with Crippen LogP contribution in [-0.2, 0) is 14.3 Å². The largest absolute Gasteiger partial charge is 0.480 e. The number of carboxylic acids is 1. The smallest absolute Gasteiger partial charge is 0.326 e. The number of hydrogen-bond donors (Lipinski definition) is 2. The van der Waals surface area contributed by atoms with E-state index in [1.54, 1.807) is 0 Å². The molecule has 6 heteroatoms. The number of aliphatic hydroxyl groups is 1. The highest BCUT2D eigenvalue weighted by Gasteiger charge is 2.42. The fraction of sp³-hybridized carbons (Fsp3) is 0.818. The van der Waals surface area contributed by atoms with Gasteiger partial charge in [-0.25, -0.2) is 4.79 Å². The van der Waals surface area contributed by atoms with Gasteiger partial charge in [0.05, 0.1) is 24.7 Å². The third-order valence-corrected chi connectivity index (χ3v) is 3.39. The lowest BCUT2D eigenvalue weighted by Gasteiger charge is -2.23. The number of nitrogens with zero attached hydrogens (tertiary/aromatic N) is 1. The number of carbonyl (C=O) groups excluding carboxylic acids is 1. The minimum atomic E-state index is -1.05. The van der Waals surface area contributed by atoms with Crippen molar-refractivity contribution in [1.29, 1.82) is 0 Å². The van der Waals surface area contributed by atoms with E-state index in [0.29, 0.717) is 13.0 Å². The predicted octanol–water partition coefficient (Wildman–Crippen LogP) is -0.542. The predicted molar refractivity (Wildman–Crippen MR) is 57.3 cm³/mol. The van der Waals surface area contributed by atoms with Crippen molar-refractivity contribution in [3.8, 4) is 0 Å². The molecule has 1 amide bonds. The minimum absolute atomic E-state index is 0.0414. The Labute approximate surface area is 99.2 Å². The molecule has 0 aromatic rings. The summed E-state index contributed by atoms with van der Waals surface area (Å²) in [5, 5.41) is 18.5. The quantitative estimate of drug-likeness (QED) is 0.680. The van der Waals surface area contributed by atoms with E-state index in [9.17, 15) is 14.7 Å². The van der Waals surface area contributed by atoms with Crippen molar-refractivity contribution in [3.63, 3.8) is 0 Å². The first-order valence-corrected chi connectivity index (χ1v) is 5.82. The number of aliphatic carboxylic acids is 1. The van der Waals surface area contributed by atoms with Crippen LogP contribution in [0.25, 0.3) is 0 Å². The molecule has 2 saturated heterocycles. The molecule has 2 heterocycles. The maximum atomic E-state index is 12.1. The molecule has 4 atom stereocenters. The molecule has 0 aliphatic carbocycles. The van der Waals surface area contributed by atoms with Gasteiger partial charge in [0.15, 0.2) is 0 Å². The number of amides is 1. The van der Waals surface area contributed by atoms with Gasteiger partial charge >= 0.3 is 5.97 Å². The Morgan fingerprint density at radius 2 is 2.06 bits per heavy atom. The zero-order valence-corrected chi connectivity index (χ0v) is 9.70. The van der Waals surface area contributed by atoms with Crippen LogP contribution in [0, 0.1) is 5.92 Å². The molecular formula is C11H17NO5. The fourth-order valence-electron chi connectivity index (χ4n) is 2.52. The van der Waals surface area contributed by atoms with Crippen molar-refractivity contribution in [3.05, 3.63) is 0 Å². The summed E-state index contributed by atoms with van der Waals surface area (Å²) in [4.78, 5) is 24.4. The van der Waals surface area contributed by atoms with Crippen LogP contribution in [0.5, 0.6) is 0 Å². The summed E-state index contributed by atoms with van der Waals surface area (Å²) < 4.78 is 5.31. The van der Waals surface area contributed by atoms with Crippen LogP contribution in [0.3, 0.4) is 0 Å². The average Bonchev–Trinajstić information content (AvgIpc) is 2.83. The Balaban J connectivity index is 2.05. The van der Waals surface area contributed by atoms with Gasteiger partial charge in [-0.05, 0) is 13.3 Å². The third-order valence-electron chi connectivity index (χ3n) is 3.39. The molecule has 0 spiro atoms. The van der Waals surface area contributed by atoms with E-state index in [4.69, 9.17) is 9.84 Å². The molecule has 2 aliphatic rings. The fourth-order valence-corrected chi connectivity index (χ4v) is 2.52. The van der Waals surface area contributed by atoms with Gasteiger partial charge in [-0.15, -0.1) is 0 Å². The van der Waals surface area contributed by atoms with Gasteiger partial charge in [0.25, 0.3) is 0 Å². The number of β-amino-alcohol motifs (C(OH)–C–C–N with tert-alkyl or cyclic N) is 1. The topological polar surface area (TPSA) is 87.1 Å². The Bertz CT molecular complexity index is 332. The van der Waals surface area contributed by atoms with Gasteiger partial charge < -0.3 is 19.8 Å². The van der Waals surface area contributed by atoms with E-state index < -0.39 is 18.1 Å². The summed E-state index contributed by atoms with van der Waals surface area (Å²) in [5.41, 5.74) is 0. The van der Waals surface area contributed by atoms with E-state index in [-0.39, 0.29) is 30.9 Å². The van der Waals surface area contributed by atoms with Gasteiger partial charge in [0, 0.05) is 13.0 Å². The minimum Gasteiger partial charge on any atom is -0.480 e. The SMILES string of the molecule is CC1CC(C(=O)N2CC(O)C[C@H]2C(=O)O)CO1. The second kappa shape index (κ2) is 4.62. The van der Waals surface area contributed by atoms with Gasteiger partial charge in [-0.3, -0.25) is 4.79 Å². The van der Waals surface area contributed by atoms with Crippen molar-refractivity contribution in [2.75, 3.05) is 13.2 Å². The van der Waals surface area contributed by atoms with E-state index >= 15 is 0 Å². The zero-order chi connectivity index (χ0) is 12.6. The van der Waals surface area contributed by atoms with Gasteiger partial charge in [0.2, 0.25) is 5.91 Å². The number of hydrogen-bond acceptors (Lipinski definition) is 4. The van der Waals surface area contributed by atoms with E-state index in [0.717, 1.165) is 0 Å². The van der Waals surface area contributed by atoms with Crippen LogP contribution in [0.4, 0.5) is 0 Å². The van der Waals surface area contributed by atoms with E-state index in [1.165, 1.54) is 4.90 Å². The summed E-state index contributed by atoms with van der Waals surface area (Å²) in [6, 6.07) is -0.895. The molecular weight excluding hydrogens is 226 g/mol. The van der Waals surface area contributed by atoms with Crippen molar-refractivity contribution >= 4 is 11.9 Å². The molecule has 0 aromatic heterocycles. The Morgan fingerprint density at radius 3 is 2.59 bits per heavy atom. The van der Waals surface area contributed by atoms with E-state index in [1.807, 2.05) is 6.92 Å². The molecule has 2 rings (SSSR count). The first-order chi connectivity index (χ1) is 7.99. The molecule has 0 radical (unpaired) electrons. The summed E-state index contributed by atoms with van der Waals surface area (Å²) in [7, 11) is 0. The molecule has 17 heavy (non-hydrogen) atoms. The van der Waals surface area contributed by atoms with Crippen LogP contribution in [-0.4, -0.2) is 58.4 Å². The standard InChI is InChI=1S/C11H17NO5/c1-6-2-7(5-17-6)10(14)12-4-8(13)3-9(12)11(15)16/h6-9,13H,2-5H2,1H3,(H,15,16)/t6?,7?,8?,9-/m0/s1. The Morgan fingerprint density at radius 1 is 1.35 bits per heavy atom. The van der Waals surface area contributed by atoms with Crippen molar-refractivity contribution in [2.24, 2.45) is 5.92 Å². The monoisotopic (exact) mass is 243 g/mol. The Kier molecular flexibility index (Phi) is 3.35.